The van der Waals surface area contributed by atoms with Gasteiger partial charge in [0.15, 0.2) is 5.78 Å². The van der Waals surface area contributed by atoms with Gasteiger partial charge in [0, 0.05) is 18.4 Å². The Bertz CT molecular complexity index is 675. The zero-order valence-corrected chi connectivity index (χ0v) is 19.7. The van der Waals surface area contributed by atoms with Gasteiger partial charge in [0.05, 0.1) is 6.10 Å². The van der Waals surface area contributed by atoms with Gasteiger partial charge in [0.25, 0.3) is 0 Å². The Morgan fingerprint density at radius 1 is 1.20 bits per heavy atom. The van der Waals surface area contributed by atoms with Gasteiger partial charge in [-0.2, -0.15) is 0 Å². The number of ketones is 2. The summed E-state index contributed by atoms with van der Waals surface area (Å²) >= 11 is 0. The number of aliphatic hydroxyl groups is 1. The standard InChI is InChI=1S/C25H40O5/c1-15(10-21(7)26)8-17(3)18(4)12-22-11-16(2)9-19(5)23(27)14-24(28)20(6)13-25(29)30-22/h10,13,16-19,22,24,28H,8-9,11-12,14H2,1-7H3/b15-10+,20-13+/t16-,17?,18+,19+,22+,24+/m0/s1. The number of carbonyl (C=O) groups is 3. The van der Waals surface area contributed by atoms with Crippen molar-refractivity contribution in [3.63, 3.8) is 0 Å². The first kappa shape index (κ1) is 26.3. The number of Topliss-reactive ketones (excluding diaryl/α,β-unsaturated/α-hetero) is 1. The summed E-state index contributed by atoms with van der Waals surface area (Å²) < 4.78 is 5.78. The van der Waals surface area contributed by atoms with Gasteiger partial charge in [-0.3, -0.25) is 9.59 Å². The van der Waals surface area contributed by atoms with E-state index in [2.05, 4.69) is 20.8 Å². The first-order valence-corrected chi connectivity index (χ1v) is 11.2. The van der Waals surface area contributed by atoms with Crippen molar-refractivity contribution < 1.29 is 24.2 Å². The Kier molecular flexibility index (Phi) is 10.7. The molecule has 1 N–H and O–H groups in total. The predicted octanol–water partition coefficient (Wildman–Crippen LogP) is 4.82. The second kappa shape index (κ2) is 12.2. The minimum Gasteiger partial charge on any atom is -0.459 e. The molecule has 0 saturated heterocycles. The fourth-order valence-corrected chi connectivity index (χ4v) is 4.27. The van der Waals surface area contributed by atoms with Crippen LogP contribution in [0.3, 0.4) is 0 Å². The number of esters is 1. The van der Waals surface area contributed by atoms with E-state index in [0.29, 0.717) is 30.3 Å². The third-order valence-electron chi connectivity index (χ3n) is 6.22. The van der Waals surface area contributed by atoms with Crippen LogP contribution in [0.5, 0.6) is 0 Å². The molecule has 0 saturated carbocycles. The highest BCUT2D eigenvalue weighted by molar-refractivity contribution is 5.87. The van der Waals surface area contributed by atoms with E-state index in [1.807, 2.05) is 13.8 Å². The molecule has 0 fully saturated rings. The molecule has 5 nitrogen and oxygen atoms in total. The Hall–Kier alpha value is -1.75. The van der Waals surface area contributed by atoms with Gasteiger partial charge >= 0.3 is 5.97 Å². The number of aliphatic hydroxyl groups excluding tert-OH is 1. The van der Waals surface area contributed by atoms with E-state index < -0.39 is 12.1 Å². The van der Waals surface area contributed by atoms with Gasteiger partial charge in [0.1, 0.15) is 11.9 Å². The summed E-state index contributed by atoms with van der Waals surface area (Å²) in [5.74, 6) is 0.366. The molecule has 6 atom stereocenters. The van der Waals surface area contributed by atoms with Gasteiger partial charge in [0.2, 0.25) is 0 Å². The van der Waals surface area contributed by atoms with Crippen molar-refractivity contribution in [1.29, 1.82) is 0 Å². The van der Waals surface area contributed by atoms with E-state index in [4.69, 9.17) is 4.74 Å². The van der Waals surface area contributed by atoms with Crippen LogP contribution >= 0.6 is 0 Å². The minimum absolute atomic E-state index is 0.0299. The van der Waals surface area contributed by atoms with Gasteiger partial charge in [-0.05, 0) is 75.9 Å². The van der Waals surface area contributed by atoms with E-state index in [1.165, 1.54) is 6.08 Å². The number of carbonyl (C=O) groups excluding carboxylic acids is 3. The van der Waals surface area contributed by atoms with Crippen molar-refractivity contribution in [2.24, 2.45) is 23.7 Å². The molecule has 5 heteroatoms. The molecular weight excluding hydrogens is 380 g/mol. The van der Waals surface area contributed by atoms with Crippen LogP contribution in [0.4, 0.5) is 0 Å². The Morgan fingerprint density at radius 3 is 2.43 bits per heavy atom. The second-order valence-corrected chi connectivity index (χ2v) is 9.61. The summed E-state index contributed by atoms with van der Waals surface area (Å²) in [7, 11) is 0. The summed E-state index contributed by atoms with van der Waals surface area (Å²) in [5, 5.41) is 10.2. The van der Waals surface area contributed by atoms with Crippen LogP contribution in [-0.4, -0.2) is 34.9 Å². The number of allylic oxidation sites excluding steroid dienone is 2. The summed E-state index contributed by atoms with van der Waals surface area (Å²) in [6.07, 6.45) is 4.81. The monoisotopic (exact) mass is 420 g/mol. The number of hydrogen-bond acceptors (Lipinski definition) is 5. The third kappa shape index (κ3) is 9.38. The SMILES string of the molecule is CC(=O)/C=C(\C)CC(C)[C@H](C)C[C@H]1C[C@@H](C)C[C@@H](C)C(=O)C[C@@H](O)/C(C)=C/C(=O)O1. The molecule has 30 heavy (non-hydrogen) atoms. The molecule has 0 aromatic heterocycles. The molecule has 170 valence electrons. The maximum Gasteiger partial charge on any atom is 0.331 e. The Morgan fingerprint density at radius 2 is 1.83 bits per heavy atom. The third-order valence-corrected chi connectivity index (χ3v) is 6.22. The Labute approximate surface area is 182 Å². The van der Waals surface area contributed by atoms with Crippen LogP contribution in [0.15, 0.2) is 23.3 Å². The molecule has 1 aliphatic rings. The molecule has 0 radical (unpaired) electrons. The maximum absolute atomic E-state index is 12.4. The first-order chi connectivity index (χ1) is 13.9. The van der Waals surface area contributed by atoms with Gasteiger partial charge in [-0.1, -0.05) is 33.3 Å². The van der Waals surface area contributed by atoms with E-state index in [0.717, 1.165) is 18.4 Å². The molecule has 1 aliphatic heterocycles. The molecule has 1 heterocycles. The summed E-state index contributed by atoms with van der Waals surface area (Å²) in [4.78, 5) is 36.1. The van der Waals surface area contributed by atoms with Crippen LogP contribution < -0.4 is 0 Å². The fraction of sp³-hybridized carbons (Fsp3) is 0.720. The smallest absolute Gasteiger partial charge is 0.331 e. The van der Waals surface area contributed by atoms with Gasteiger partial charge in [-0.25, -0.2) is 4.79 Å². The van der Waals surface area contributed by atoms with Crippen molar-refractivity contribution in [1.82, 2.24) is 0 Å². The maximum atomic E-state index is 12.4. The van der Waals surface area contributed by atoms with E-state index in [-0.39, 0.29) is 35.9 Å². The van der Waals surface area contributed by atoms with Crippen LogP contribution in [0, 0.1) is 23.7 Å². The second-order valence-electron chi connectivity index (χ2n) is 9.61. The molecular formula is C25H40O5. The van der Waals surface area contributed by atoms with Crippen LogP contribution in [-0.2, 0) is 19.1 Å². The van der Waals surface area contributed by atoms with E-state index in [9.17, 15) is 19.5 Å². The summed E-state index contributed by atoms with van der Waals surface area (Å²) in [5.41, 5.74) is 1.52. The van der Waals surface area contributed by atoms with Crippen molar-refractivity contribution >= 4 is 17.5 Å². The summed E-state index contributed by atoms with van der Waals surface area (Å²) in [6.45, 7) is 13.5. The quantitative estimate of drug-likeness (QED) is 0.492. The number of rotatable bonds is 6. The largest absolute Gasteiger partial charge is 0.459 e. The summed E-state index contributed by atoms with van der Waals surface area (Å²) in [6, 6.07) is 0. The average molecular weight is 421 g/mol. The van der Waals surface area contributed by atoms with E-state index >= 15 is 0 Å². The fourth-order valence-electron chi connectivity index (χ4n) is 4.27. The molecule has 0 amide bonds. The van der Waals surface area contributed by atoms with Crippen LogP contribution in [0.25, 0.3) is 0 Å². The molecule has 0 aliphatic carbocycles. The minimum atomic E-state index is -0.948. The lowest BCUT2D eigenvalue weighted by atomic mass is 9.82. The topological polar surface area (TPSA) is 80.7 Å². The molecule has 1 rings (SSSR count). The lowest BCUT2D eigenvalue weighted by molar-refractivity contribution is -0.145. The highest BCUT2D eigenvalue weighted by atomic mass is 16.5. The zero-order valence-electron chi connectivity index (χ0n) is 19.7. The zero-order chi connectivity index (χ0) is 23.0. The van der Waals surface area contributed by atoms with Crippen molar-refractivity contribution in [2.75, 3.05) is 0 Å². The highest BCUT2D eigenvalue weighted by Gasteiger charge is 2.27. The lowest BCUT2D eigenvalue weighted by Crippen LogP contribution is -2.28. The molecule has 1 unspecified atom stereocenters. The molecule has 0 aromatic carbocycles. The predicted molar refractivity (Wildman–Crippen MR) is 119 cm³/mol. The molecule has 0 bridgehead atoms. The Balaban J connectivity index is 2.94. The van der Waals surface area contributed by atoms with Crippen molar-refractivity contribution in [3.8, 4) is 0 Å². The first-order valence-electron chi connectivity index (χ1n) is 11.2. The van der Waals surface area contributed by atoms with Crippen LogP contribution in [0.2, 0.25) is 0 Å². The average Bonchev–Trinajstić information content (AvgIpc) is 2.59. The van der Waals surface area contributed by atoms with Gasteiger partial charge in [-0.15, -0.1) is 0 Å². The highest BCUT2D eigenvalue weighted by Crippen LogP contribution is 2.29. The van der Waals surface area contributed by atoms with Crippen LogP contribution in [0.1, 0.15) is 80.6 Å². The normalized spacial score (nSPS) is 30.9. The molecule has 0 aromatic rings. The molecule has 0 spiro atoms. The number of hydrogen-bond donors (Lipinski definition) is 1. The lowest BCUT2D eigenvalue weighted by Gasteiger charge is -2.28. The van der Waals surface area contributed by atoms with Gasteiger partial charge < -0.3 is 9.84 Å². The number of cyclic esters (lactones) is 1. The van der Waals surface area contributed by atoms with Crippen molar-refractivity contribution in [2.45, 2.75) is 92.8 Å². The number of ether oxygens (including phenoxy) is 1. The van der Waals surface area contributed by atoms with Crippen molar-refractivity contribution in [3.05, 3.63) is 23.3 Å². The van der Waals surface area contributed by atoms with E-state index in [1.54, 1.807) is 19.9 Å².